The van der Waals surface area contributed by atoms with Gasteiger partial charge >= 0.3 is 0 Å². The lowest BCUT2D eigenvalue weighted by Crippen LogP contribution is -2.48. The summed E-state index contributed by atoms with van der Waals surface area (Å²) in [6.07, 6.45) is 1.25. The fraction of sp³-hybridized carbons (Fsp3) is 0.435. The van der Waals surface area contributed by atoms with Gasteiger partial charge in [0.25, 0.3) is 0 Å². The van der Waals surface area contributed by atoms with E-state index >= 15 is 0 Å². The van der Waals surface area contributed by atoms with Crippen molar-refractivity contribution in [2.45, 2.75) is 18.9 Å². The maximum absolute atomic E-state index is 13.3. The summed E-state index contributed by atoms with van der Waals surface area (Å²) >= 11 is 0. The van der Waals surface area contributed by atoms with Gasteiger partial charge in [-0.3, -0.25) is 4.79 Å². The lowest BCUT2D eigenvalue weighted by atomic mass is 9.86. The van der Waals surface area contributed by atoms with Crippen molar-refractivity contribution < 1.29 is 33.0 Å². The highest BCUT2D eigenvalue weighted by molar-refractivity contribution is 5.97. The van der Waals surface area contributed by atoms with Crippen LogP contribution in [0.5, 0.6) is 28.7 Å². The Bertz CT molecular complexity index is 1020. The molecule has 2 aromatic carbocycles. The van der Waals surface area contributed by atoms with E-state index in [1.165, 1.54) is 0 Å². The van der Waals surface area contributed by atoms with E-state index in [1.807, 2.05) is 18.2 Å². The number of hydrogen-bond acceptors (Lipinski definition) is 6. The Kier molecular flexibility index (Phi) is 4.50. The fourth-order valence-corrected chi connectivity index (χ4v) is 4.63. The average molecular weight is 412 g/mol. The van der Waals surface area contributed by atoms with Crippen molar-refractivity contribution >= 4 is 5.78 Å². The Morgan fingerprint density at radius 1 is 1.07 bits per heavy atom. The lowest BCUT2D eigenvalue weighted by Gasteiger charge is -2.43. The summed E-state index contributed by atoms with van der Waals surface area (Å²) in [5.74, 6) is 3.42. The first-order valence-electron chi connectivity index (χ1n) is 10.2. The molecule has 3 heterocycles. The molecule has 0 unspecified atom stereocenters. The van der Waals surface area contributed by atoms with Crippen LogP contribution in [-0.4, -0.2) is 58.0 Å². The van der Waals surface area contributed by atoms with Gasteiger partial charge in [0.15, 0.2) is 28.8 Å². The summed E-state index contributed by atoms with van der Waals surface area (Å²) < 4.78 is 29.0. The third-order valence-electron chi connectivity index (χ3n) is 6.33. The Balaban J connectivity index is 1.52. The zero-order valence-electron chi connectivity index (χ0n) is 17.5. The highest BCUT2D eigenvalue weighted by Gasteiger charge is 2.42. The minimum atomic E-state index is -0.0566. The maximum atomic E-state index is 13.3. The summed E-state index contributed by atoms with van der Waals surface area (Å²) in [4.78, 5) is 13.3. The van der Waals surface area contributed by atoms with Crippen molar-refractivity contribution in [2.75, 3.05) is 47.8 Å². The van der Waals surface area contributed by atoms with Crippen molar-refractivity contribution in [1.82, 2.24) is 0 Å². The lowest BCUT2D eigenvalue weighted by molar-refractivity contribution is -0.922. The molecule has 30 heavy (non-hydrogen) atoms. The summed E-state index contributed by atoms with van der Waals surface area (Å²) in [6.45, 7) is 2.14. The van der Waals surface area contributed by atoms with Crippen molar-refractivity contribution in [3.05, 3.63) is 41.0 Å². The third-order valence-corrected chi connectivity index (χ3v) is 6.33. The number of Topliss-reactive ketones (excluding diaryl/α,β-unsaturated/α-hetero) is 1. The molecule has 0 saturated carbocycles. The average Bonchev–Trinajstić information content (AvgIpc) is 3.22. The van der Waals surface area contributed by atoms with Crippen molar-refractivity contribution in [1.29, 1.82) is 0 Å². The molecule has 0 fully saturated rings. The number of rotatable bonds is 4. The van der Waals surface area contributed by atoms with E-state index in [9.17, 15) is 4.79 Å². The second-order valence-corrected chi connectivity index (χ2v) is 8.47. The SMILES string of the molecule is COc1c2c(cc3c1[C@@H](CC(=O)c1ccc4c(c1)OCCO4)[N+](C)(C)CC3)OCO2. The van der Waals surface area contributed by atoms with Crippen molar-refractivity contribution in [3.8, 4) is 28.7 Å². The van der Waals surface area contributed by atoms with Crippen LogP contribution < -0.4 is 23.7 Å². The van der Waals surface area contributed by atoms with Gasteiger partial charge in [-0.15, -0.1) is 0 Å². The summed E-state index contributed by atoms with van der Waals surface area (Å²) in [6, 6.07) is 7.41. The van der Waals surface area contributed by atoms with Crippen LogP contribution in [0, 0.1) is 0 Å². The van der Waals surface area contributed by atoms with Crippen molar-refractivity contribution in [3.63, 3.8) is 0 Å². The molecular weight excluding hydrogens is 386 g/mol. The monoisotopic (exact) mass is 412 g/mol. The molecule has 0 aliphatic carbocycles. The summed E-state index contributed by atoms with van der Waals surface area (Å²) in [5.41, 5.74) is 2.84. The van der Waals surface area contributed by atoms with Crippen LogP contribution in [-0.2, 0) is 6.42 Å². The van der Waals surface area contributed by atoms with Gasteiger partial charge in [0.2, 0.25) is 12.5 Å². The molecule has 0 amide bonds. The molecule has 3 aliphatic heterocycles. The van der Waals surface area contributed by atoms with Gasteiger partial charge in [-0.05, 0) is 29.8 Å². The van der Waals surface area contributed by atoms with Crippen LogP contribution in [0.2, 0.25) is 0 Å². The minimum Gasteiger partial charge on any atom is -0.492 e. The molecule has 7 heteroatoms. The number of ether oxygens (including phenoxy) is 5. The number of ketones is 1. The molecule has 0 spiro atoms. The number of carbonyl (C=O) groups excluding carboxylic acids is 1. The Hall–Kier alpha value is -2.93. The van der Waals surface area contributed by atoms with Gasteiger partial charge < -0.3 is 28.2 Å². The molecule has 0 bridgehead atoms. The van der Waals surface area contributed by atoms with E-state index in [1.54, 1.807) is 13.2 Å². The molecule has 0 aromatic heterocycles. The van der Waals surface area contributed by atoms with Crippen LogP contribution >= 0.6 is 0 Å². The predicted molar refractivity (Wildman–Crippen MR) is 109 cm³/mol. The number of quaternary nitrogens is 1. The highest BCUT2D eigenvalue weighted by Crippen LogP contribution is 2.51. The van der Waals surface area contributed by atoms with E-state index in [0.717, 1.165) is 29.8 Å². The number of fused-ring (bicyclic) bond motifs is 3. The number of hydrogen-bond donors (Lipinski definition) is 0. The van der Waals surface area contributed by atoms with Gasteiger partial charge in [0.05, 0.1) is 39.7 Å². The number of methoxy groups -OCH3 is 1. The van der Waals surface area contributed by atoms with Crippen LogP contribution in [0.4, 0.5) is 0 Å². The Morgan fingerprint density at radius 3 is 2.67 bits per heavy atom. The standard InChI is InChI=1S/C23H26NO6/c1-24(2)7-6-15-11-20-22(30-13-29-20)23(26-3)21(15)16(24)12-17(25)14-4-5-18-19(10-14)28-9-8-27-18/h4-5,10-11,16H,6-9,12-13H2,1-3H3/q+1/t16-/m1/s1. The molecular formula is C23H26NO6+. The zero-order chi connectivity index (χ0) is 20.9. The molecule has 1 atom stereocenters. The summed E-state index contributed by atoms with van der Waals surface area (Å²) in [7, 11) is 5.97. The molecule has 0 N–H and O–H groups in total. The predicted octanol–water partition coefficient (Wildman–Crippen LogP) is 3.14. The molecule has 3 aliphatic rings. The van der Waals surface area contributed by atoms with E-state index in [4.69, 9.17) is 23.7 Å². The van der Waals surface area contributed by atoms with Gasteiger partial charge in [-0.2, -0.15) is 0 Å². The first-order chi connectivity index (χ1) is 14.5. The normalized spacial score (nSPS) is 20.4. The second kappa shape index (κ2) is 7.09. The van der Waals surface area contributed by atoms with Gasteiger partial charge in [0, 0.05) is 12.0 Å². The molecule has 2 aromatic rings. The molecule has 0 radical (unpaired) electrons. The molecule has 5 rings (SSSR count). The van der Waals surface area contributed by atoms with Crippen molar-refractivity contribution in [2.24, 2.45) is 0 Å². The van der Waals surface area contributed by atoms with Crippen LogP contribution in [0.1, 0.15) is 33.9 Å². The van der Waals surface area contributed by atoms with Gasteiger partial charge in [-0.25, -0.2) is 0 Å². The quantitative estimate of drug-likeness (QED) is 0.568. The molecule has 0 saturated heterocycles. The second-order valence-electron chi connectivity index (χ2n) is 8.47. The van der Waals surface area contributed by atoms with E-state index in [0.29, 0.717) is 52.7 Å². The third kappa shape index (κ3) is 3.04. The van der Waals surface area contributed by atoms with E-state index in [-0.39, 0.29) is 18.6 Å². The maximum Gasteiger partial charge on any atom is 0.231 e. The van der Waals surface area contributed by atoms with E-state index in [2.05, 4.69) is 14.1 Å². The summed E-state index contributed by atoms with van der Waals surface area (Å²) in [5, 5.41) is 0. The number of nitrogens with zero attached hydrogens (tertiary/aromatic N) is 1. The smallest absolute Gasteiger partial charge is 0.231 e. The van der Waals surface area contributed by atoms with Crippen LogP contribution in [0.15, 0.2) is 24.3 Å². The first kappa shape index (κ1) is 19.1. The largest absolute Gasteiger partial charge is 0.492 e. The van der Waals surface area contributed by atoms with Crippen LogP contribution in [0.25, 0.3) is 0 Å². The minimum absolute atomic E-state index is 0.0566. The Morgan fingerprint density at radius 2 is 1.87 bits per heavy atom. The van der Waals surface area contributed by atoms with Gasteiger partial charge in [0.1, 0.15) is 19.3 Å². The fourth-order valence-electron chi connectivity index (χ4n) is 4.63. The topological polar surface area (TPSA) is 63.2 Å². The zero-order valence-corrected chi connectivity index (χ0v) is 17.5. The number of benzene rings is 2. The van der Waals surface area contributed by atoms with E-state index < -0.39 is 0 Å². The Labute approximate surface area is 175 Å². The highest BCUT2D eigenvalue weighted by atomic mass is 16.7. The first-order valence-corrected chi connectivity index (χ1v) is 10.2. The van der Waals surface area contributed by atoms with Gasteiger partial charge in [-0.1, -0.05) is 0 Å². The molecule has 7 nitrogen and oxygen atoms in total. The number of carbonyl (C=O) groups is 1. The number of likely N-dealkylation sites (N-methyl/N-ethyl adjacent to an activating group) is 1. The molecule has 158 valence electrons. The van der Waals surface area contributed by atoms with Crippen LogP contribution in [0.3, 0.4) is 0 Å².